The van der Waals surface area contributed by atoms with Crippen LogP contribution in [0, 0.1) is 5.51 Å². The van der Waals surface area contributed by atoms with Crippen LogP contribution in [0.4, 0.5) is 0 Å². The molecule has 2 heterocycles. The van der Waals surface area contributed by atoms with Crippen molar-refractivity contribution in [2.24, 2.45) is 0 Å². The Balaban J connectivity index is 2.24. The molecule has 0 saturated carbocycles. The van der Waals surface area contributed by atoms with Crippen molar-refractivity contribution < 1.29 is 4.42 Å². The number of rotatable bonds is 1. The van der Waals surface area contributed by atoms with Gasteiger partial charge < -0.3 is 4.42 Å². The molecule has 67 valence electrons. The summed E-state index contributed by atoms with van der Waals surface area (Å²) in [4.78, 5) is 4.92. The highest BCUT2D eigenvalue weighted by atomic mass is 32.1. The van der Waals surface area contributed by atoms with Gasteiger partial charge in [0.2, 0.25) is 0 Å². The number of furan rings is 1. The average molecular weight is 200 g/mol. The number of hydrogen-bond acceptors (Lipinski definition) is 3. The minimum atomic E-state index is 0.866. The molecule has 0 atom stereocenters. The minimum Gasteiger partial charge on any atom is -0.455 e. The van der Waals surface area contributed by atoms with Crippen molar-refractivity contribution in [1.29, 1.82) is 0 Å². The molecule has 0 N–H and O–H groups in total. The van der Waals surface area contributed by atoms with Crippen LogP contribution in [0.15, 0.2) is 40.9 Å². The summed E-state index contributed by atoms with van der Waals surface area (Å²) < 4.78 is 5.66. The van der Waals surface area contributed by atoms with Gasteiger partial charge in [-0.1, -0.05) is 18.2 Å². The average Bonchev–Trinajstić information content (AvgIpc) is 2.86. The van der Waals surface area contributed by atoms with Crippen LogP contribution in [0.1, 0.15) is 0 Å². The molecule has 0 saturated heterocycles. The van der Waals surface area contributed by atoms with E-state index in [1.165, 1.54) is 11.3 Å². The van der Waals surface area contributed by atoms with Crippen LogP contribution in [0.2, 0.25) is 0 Å². The molecular weight excluding hydrogens is 194 g/mol. The van der Waals surface area contributed by atoms with Crippen LogP contribution in [-0.4, -0.2) is 4.98 Å². The number of aromatic nitrogens is 1. The van der Waals surface area contributed by atoms with Crippen LogP contribution in [0.25, 0.3) is 21.6 Å². The second-order valence-corrected chi connectivity index (χ2v) is 3.79. The van der Waals surface area contributed by atoms with Gasteiger partial charge >= 0.3 is 0 Å². The Morgan fingerprint density at radius 1 is 1.29 bits per heavy atom. The van der Waals surface area contributed by atoms with Gasteiger partial charge in [0.25, 0.3) is 0 Å². The van der Waals surface area contributed by atoms with Crippen LogP contribution < -0.4 is 0 Å². The van der Waals surface area contributed by atoms with E-state index in [9.17, 15) is 0 Å². The van der Waals surface area contributed by atoms with Crippen LogP contribution >= 0.6 is 11.3 Å². The molecule has 0 unspecified atom stereocenters. The second-order valence-electron chi connectivity index (χ2n) is 2.96. The van der Waals surface area contributed by atoms with Crippen LogP contribution in [0.3, 0.4) is 0 Å². The molecule has 3 rings (SSSR count). The van der Waals surface area contributed by atoms with Crippen molar-refractivity contribution in [3.8, 4) is 10.6 Å². The summed E-state index contributed by atoms with van der Waals surface area (Å²) in [5.74, 6) is 0.866. The van der Waals surface area contributed by atoms with Crippen molar-refractivity contribution in [3.05, 3.63) is 42.0 Å². The third-order valence-corrected chi connectivity index (χ3v) is 2.78. The van der Waals surface area contributed by atoms with E-state index in [4.69, 9.17) is 4.42 Å². The Morgan fingerprint density at radius 3 is 3.00 bits per heavy atom. The molecule has 0 bridgehead atoms. The fraction of sp³-hybridized carbons (Fsp3) is 0. The molecule has 2 aromatic heterocycles. The van der Waals surface area contributed by atoms with Gasteiger partial charge in [-0.3, -0.25) is 0 Å². The summed E-state index contributed by atoms with van der Waals surface area (Å²) in [5.41, 5.74) is 3.72. The van der Waals surface area contributed by atoms with E-state index in [0.29, 0.717) is 0 Å². The Bertz CT molecular complexity index is 520. The summed E-state index contributed by atoms with van der Waals surface area (Å²) in [6, 6.07) is 9.99. The number of hydrogen-bond donors (Lipinski definition) is 0. The fourth-order valence-corrected chi connectivity index (χ4v) is 1.91. The highest BCUT2D eigenvalue weighted by Crippen LogP contribution is 2.29. The molecular formula is C11H6NOS. The Morgan fingerprint density at radius 2 is 2.21 bits per heavy atom. The van der Waals surface area contributed by atoms with Gasteiger partial charge in [-0.05, 0) is 12.1 Å². The summed E-state index contributed by atoms with van der Waals surface area (Å²) in [6.45, 7) is 0. The first-order chi connectivity index (χ1) is 6.93. The summed E-state index contributed by atoms with van der Waals surface area (Å²) in [7, 11) is 0. The van der Waals surface area contributed by atoms with E-state index < -0.39 is 0 Å². The molecule has 2 nitrogen and oxygen atoms in total. The van der Waals surface area contributed by atoms with E-state index in [1.54, 1.807) is 6.20 Å². The lowest BCUT2D eigenvalue weighted by molar-refractivity contribution is 0.633. The van der Waals surface area contributed by atoms with Gasteiger partial charge in [-0.15, -0.1) is 11.3 Å². The minimum absolute atomic E-state index is 0.866. The molecule has 0 spiro atoms. The van der Waals surface area contributed by atoms with Crippen molar-refractivity contribution >= 4 is 22.3 Å². The number of fused-ring (bicyclic) bond motifs is 1. The summed E-state index contributed by atoms with van der Waals surface area (Å²) >= 11 is 1.46. The van der Waals surface area contributed by atoms with Crippen LogP contribution in [0.5, 0.6) is 0 Å². The first kappa shape index (κ1) is 7.76. The van der Waals surface area contributed by atoms with Crippen molar-refractivity contribution in [1.82, 2.24) is 4.98 Å². The van der Waals surface area contributed by atoms with Gasteiger partial charge in [0.1, 0.15) is 11.3 Å². The van der Waals surface area contributed by atoms with Gasteiger partial charge in [-0.25, -0.2) is 4.98 Å². The van der Waals surface area contributed by atoms with Crippen molar-refractivity contribution in [3.63, 3.8) is 0 Å². The zero-order chi connectivity index (χ0) is 9.38. The molecule has 0 aliphatic heterocycles. The van der Waals surface area contributed by atoms with E-state index in [-0.39, 0.29) is 0 Å². The van der Waals surface area contributed by atoms with Gasteiger partial charge in [0.15, 0.2) is 5.51 Å². The Labute approximate surface area is 84.8 Å². The lowest BCUT2D eigenvalue weighted by Crippen LogP contribution is -1.60. The Hall–Kier alpha value is -1.61. The third-order valence-electron chi connectivity index (χ3n) is 2.06. The highest BCUT2D eigenvalue weighted by Gasteiger charge is 2.06. The monoisotopic (exact) mass is 200 g/mol. The Kier molecular flexibility index (Phi) is 1.64. The molecule has 3 aromatic rings. The van der Waals surface area contributed by atoms with E-state index in [2.05, 4.69) is 10.5 Å². The summed E-state index contributed by atoms with van der Waals surface area (Å²) in [5, 5.41) is 1.12. The number of thiazole rings is 1. The maximum atomic E-state index is 5.66. The highest BCUT2D eigenvalue weighted by molar-refractivity contribution is 7.12. The summed E-state index contributed by atoms with van der Waals surface area (Å²) in [6.07, 6.45) is 1.77. The molecule has 3 heteroatoms. The van der Waals surface area contributed by atoms with Gasteiger partial charge in [0, 0.05) is 11.6 Å². The quantitative estimate of drug-likeness (QED) is 0.602. The predicted molar refractivity (Wildman–Crippen MR) is 56.2 cm³/mol. The van der Waals surface area contributed by atoms with Gasteiger partial charge in [0.05, 0.1) is 4.88 Å². The second kappa shape index (κ2) is 2.96. The third kappa shape index (κ3) is 1.14. The zero-order valence-electron chi connectivity index (χ0n) is 7.23. The first-order valence-electron chi connectivity index (χ1n) is 4.24. The van der Waals surface area contributed by atoms with Crippen LogP contribution in [-0.2, 0) is 0 Å². The van der Waals surface area contributed by atoms with E-state index >= 15 is 0 Å². The maximum absolute atomic E-state index is 5.66. The fourth-order valence-electron chi connectivity index (χ4n) is 1.40. The van der Waals surface area contributed by atoms with E-state index in [1.807, 2.05) is 30.3 Å². The maximum Gasteiger partial charge on any atom is 0.152 e. The smallest absolute Gasteiger partial charge is 0.152 e. The first-order valence-corrected chi connectivity index (χ1v) is 5.06. The zero-order valence-corrected chi connectivity index (χ0v) is 8.04. The van der Waals surface area contributed by atoms with Gasteiger partial charge in [-0.2, -0.15) is 0 Å². The SMILES string of the molecule is [c]1ncc(-c2cc3ccccc3o2)s1. The standard InChI is InChI=1S/C11H6NOS/c1-2-4-9-8(3-1)5-10(13-9)11-6-12-7-14-11/h1-6H. The topological polar surface area (TPSA) is 26.0 Å². The largest absolute Gasteiger partial charge is 0.455 e. The molecule has 1 radical (unpaired) electrons. The van der Waals surface area contributed by atoms with Crippen molar-refractivity contribution in [2.75, 3.05) is 0 Å². The molecule has 0 aliphatic rings. The molecule has 14 heavy (non-hydrogen) atoms. The number of nitrogens with zero attached hydrogens (tertiary/aromatic N) is 1. The van der Waals surface area contributed by atoms with Crippen molar-refractivity contribution in [2.45, 2.75) is 0 Å². The molecule has 0 aliphatic carbocycles. The normalized spacial score (nSPS) is 10.9. The number of benzene rings is 1. The number of para-hydroxylation sites is 1. The molecule has 0 amide bonds. The van der Waals surface area contributed by atoms with E-state index in [0.717, 1.165) is 21.6 Å². The lowest BCUT2D eigenvalue weighted by Gasteiger charge is -1.85. The molecule has 0 fully saturated rings. The lowest BCUT2D eigenvalue weighted by atomic mass is 10.2. The predicted octanol–water partition coefficient (Wildman–Crippen LogP) is 3.36. The molecule has 1 aromatic carbocycles.